The first kappa shape index (κ1) is 22.8. The number of rotatable bonds is 5. The van der Waals surface area contributed by atoms with Gasteiger partial charge in [-0.2, -0.15) is 0 Å². The number of hydrogen-bond donors (Lipinski definition) is 1. The van der Waals surface area contributed by atoms with E-state index in [0.29, 0.717) is 21.7 Å². The molecule has 1 atom stereocenters. The Labute approximate surface area is 196 Å². The Morgan fingerprint density at radius 3 is 2.47 bits per heavy atom. The van der Waals surface area contributed by atoms with Crippen LogP contribution in [0.5, 0.6) is 0 Å². The summed E-state index contributed by atoms with van der Waals surface area (Å²) < 4.78 is 26.7. The van der Waals surface area contributed by atoms with Crippen LogP contribution in [0, 0.1) is 17.6 Å². The van der Waals surface area contributed by atoms with Crippen molar-refractivity contribution in [2.24, 2.45) is 5.92 Å². The first-order valence-electron chi connectivity index (χ1n) is 10.5. The molecule has 1 fully saturated rings. The van der Waals surface area contributed by atoms with Gasteiger partial charge in [-0.25, -0.2) is 8.78 Å². The Morgan fingerprint density at radius 1 is 1.00 bits per heavy atom. The first-order chi connectivity index (χ1) is 15.4. The molecule has 0 saturated carbocycles. The van der Waals surface area contributed by atoms with Gasteiger partial charge in [0, 0.05) is 38.3 Å². The predicted molar refractivity (Wildman–Crippen MR) is 125 cm³/mol. The number of piperazine rings is 1. The quantitative estimate of drug-likeness (QED) is 0.608. The van der Waals surface area contributed by atoms with Crippen LogP contribution in [0.15, 0.2) is 64.7 Å². The number of halogens is 4. The molecule has 4 rings (SSSR count). The minimum atomic E-state index is -1.05. The van der Waals surface area contributed by atoms with Crippen molar-refractivity contribution in [2.75, 3.05) is 42.9 Å². The monoisotopic (exact) mass is 477 g/mol. The molecule has 2 aromatic rings. The van der Waals surface area contributed by atoms with Crippen LogP contribution in [0.2, 0.25) is 0 Å². The number of nitrogens with zero attached hydrogens (tertiary/aromatic N) is 2. The summed E-state index contributed by atoms with van der Waals surface area (Å²) >= 11 is 12.2. The molecular formula is C24H23Cl2F2N3O. The number of benzene rings is 2. The molecule has 2 aromatic carbocycles. The van der Waals surface area contributed by atoms with Crippen LogP contribution < -0.4 is 10.2 Å². The molecular weight excluding hydrogens is 455 g/mol. The van der Waals surface area contributed by atoms with Crippen molar-refractivity contribution in [3.8, 4) is 0 Å². The lowest BCUT2D eigenvalue weighted by atomic mass is 9.99. The van der Waals surface area contributed by atoms with Gasteiger partial charge in [0.25, 0.3) is 5.91 Å². The fraction of sp³-hybridized carbons (Fsp3) is 0.292. The van der Waals surface area contributed by atoms with Gasteiger partial charge in [-0.3, -0.25) is 9.69 Å². The van der Waals surface area contributed by atoms with Gasteiger partial charge < -0.3 is 10.2 Å². The molecule has 1 aliphatic carbocycles. The third kappa shape index (κ3) is 5.31. The summed E-state index contributed by atoms with van der Waals surface area (Å²) in [6, 6.07) is 10.6. The largest absolute Gasteiger partial charge is 0.367 e. The molecule has 1 heterocycles. The standard InChI is InChI=1S/C24H23Cl2F2N3O/c25-18-7-5-16(13-19(18)26)15-30-9-11-31(12-10-30)23-4-2-1-3-22(23)29-24(32)17-6-8-20(27)21(28)14-17/h1-4,6-8,13-14,16H,5,9-12,15H2,(H,29,32). The number of hydrogen-bond acceptors (Lipinski definition) is 3. The van der Waals surface area contributed by atoms with Gasteiger partial charge in [0.1, 0.15) is 0 Å². The SMILES string of the molecule is O=C(Nc1ccccc1N1CCN(CC2C=C(Cl)C(Cl)=CC2)CC1)c1ccc(F)c(F)c1. The number of carbonyl (C=O) groups excluding carboxylic acids is 1. The minimum absolute atomic E-state index is 0.0665. The highest BCUT2D eigenvalue weighted by Gasteiger charge is 2.23. The van der Waals surface area contributed by atoms with E-state index in [2.05, 4.69) is 15.1 Å². The molecule has 8 heteroatoms. The molecule has 0 spiro atoms. The molecule has 1 aliphatic heterocycles. The van der Waals surface area contributed by atoms with E-state index in [4.69, 9.17) is 23.2 Å². The van der Waals surface area contributed by atoms with E-state index in [1.54, 1.807) is 0 Å². The third-order valence-electron chi connectivity index (χ3n) is 5.75. The molecule has 1 N–H and O–H groups in total. The van der Waals surface area contributed by atoms with E-state index >= 15 is 0 Å². The number of amides is 1. The van der Waals surface area contributed by atoms with E-state index in [1.807, 2.05) is 36.4 Å². The maximum absolute atomic E-state index is 13.5. The molecule has 2 aliphatic rings. The van der Waals surface area contributed by atoms with Crippen LogP contribution in [0.1, 0.15) is 16.8 Å². The maximum Gasteiger partial charge on any atom is 0.255 e. The smallest absolute Gasteiger partial charge is 0.255 e. The molecule has 1 unspecified atom stereocenters. The predicted octanol–water partition coefficient (Wildman–Crippen LogP) is 5.60. The summed E-state index contributed by atoms with van der Waals surface area (Å²) in [5.41, 5.74) is 1.60. The summed E-state index contributed by atoms with van der Waals surface area (Å²) in [4.78, 5) is 17.2. The number of para-hydroxylation sites is 2. The summed E-state index contributed by atoms with van der Waals surface area (Å²) in [5.74, 6) is -2.17. The molecule has 1 saturated heterocycles. The van der Waals surface area contributed by atoms with Gasteiger partial charge >= 0.3 is 0 Å². The maximum atomic E-state index is 13.5. The van der Waals surface area contributed by atoms with E-state index in [-0.39, 0.29) is 5.56 Å². The first-order valence-corrected chi connectivity index (χ1v) is 11.2. The Balaban J connectivity index is 1.38. The highest BCUT2D eigenvalue weighted by atomic mass is 35.5. The van der Waals surface area contributed by atoms with E-state index in [9.17, 15) is 13.6 Å². The lowest BCUT2D eigenvalue weighted by Gasteiger charge is -2.38. The molecule has 1 amide bonds. The minimum Gasteiger partial charge on any atom is -0.367 e. The Morgan fingerprint density at radius 2 is 1.75 bits per heavy atom. The van der Waals surface area contributed by atoms with Crippen LogP contribution in [-0.2, 0) is 0 Å². The van der Waals surface area contributed by atoms with Crippen LogP contribution in [0.25, 0.3) is 0 Å². The van der Waals surface area contributed by atoms with Crippen molar-refractivity contribution in [1.82, 2.24) is 4.90 Å². The van der Waals surface area contributed by atoms with Crippen LogP contribution in [-0.4, -0.2) is 43.5 Å². The van der Waals surface area contributed by atoms with Gasteiger partial charge in [-0.1, -0.05) is 47.5 Å². The zero-order chi connectivity index (χ0) is 22.7. The average molecular weight is 478 g/mol. The second-order valence-electron chi connectivity index (χ2n) is 7.95. The zero-order valence-corrected chi connectivity index (χ0v) is 18.8. The average Bonchev–Trinajstić information content (AvgIpc) is 2.79. The third-order valence-corrected chi connectivity index (χ3v) is 6.53. The van der Waals surface area contributed by atoms with Crippen molar-refractivity contribution in [1.29, 1.82) is 0 Å². The summed E-state index contributed by atoms with van der Waals surface area (Å²) in [6.45, 7) is 4.28. The van der Waals surface area contributed by atoms with Gasteiger partial charge in [0.15, 0.2) is 11.6 Å². The zero-order valence-electron chi connectivity index (χ0n) is 17.3. The summed E-state index contributed by atoms with van der Waals surface area (Å²) in [7, 11) is 0. The lowest BCUT2D eigenvalue weighted by molar-refractivity contribution is 0.102. The van der Waals surface area contributed by atoms with Crippen molar-refractivity contribution >= 4 is 40.5 Å². The Kier molecular flexibility index (Phi) is 7.13. The summed E-state index contributed by atoms with van der Waals surface area (Å²) in [6.07, 6.45) is 4.88. The van der Waals surface area contributed by atoms with Crippen molar-refractivity contribution < 1.29 is 13.6 Å². The molecule has 0 bridgehead atoms. The van der Waals surface area contributed by atoms with Crippen LogP contribution in [0.3, 0.4) is 0 Å². The van der Waals surface area contributed by atoms with E-state index < -0.39 is 17.5 Å². The second kappa shape index (κ2) is 10.0. The van der Waals surface area contributed by atoms with Crippen LogP contribution >= 0.6 is 23.2 Å². The van der Waals surface area contributed by atoms with Crippen molar-refractivity contribution in [3.63, 3.8) is 0 Å². The fourth-order valence-electron chi connectivity index (χ4n) is 4.02. The van der Waals surface area contributed by atoms with Gasteiger partial charge in [-0.05, 0) is 42.7 Å². The van der Waals surface area contributed by atoms with Crippen molar-refractivity contribution in [2.45, 2.75) is 6.42 Å². The highest BCUT2D eigenvalue weighted by molar-refractivity contribution is 6.44. The fourth-order valence-corrected chi connectivity index (χ4v) is 4.43. The summed E-state index contributed by atoms with van der Waals surface area (Å²) in [5, 5.41) is 4.07. The van der Waals surface area contributed by atoms with Crippen LogP contribution in [0.4, 0.5) is 20.2 Å². The van der Waals surface area contributed by atoms with E-state index in [0.717, 1.165) is 57.0 Å². The number of anilines is 2. The Hall–Kier alpha value is -2.41. The molecule has 168 valence electrons. The number of nitrogens with one attached hydrogen (secondary N) is 1. The van der Waals surface area contributed by atoms with Gasteiger partial charge in [0.2, 0.25) is 0 Å². The second-order valence-corrected chi connectivity index (χ2v) is 8.76. The number of carbonyl (C=O) groups is 1. The molecule has 4 nitrogen and oxygen atoms in total. The molecule has 0 radical (unpaired) electrons. The van der Waals surface area contributed by atoms with E-state index in [1.165, 1.54) is 6.07 Å². The van der Waals surface area contributed by atoms with Crippen molar-refractivity contribution in [3.05, 3.63) is 81.9 Å². The lowest BCUT2D eigenvalue weighted by Crippen LogP contribution is -2.48. The topological polar surface area (TPSA) is 35.6 Å². The normalized spacial score (nSPS) is 19.4. The van der Waals surface area contributed by atoms with Gasteiger partial charge in [-0.15, -0.1) is 0 Å². The highest BCUT2D eigenvalue weighted by Crippen LogP contribution is 2.30. The molecule has 0 aromatic heterocycles. The molecule has 32 heavy (non-hydrogen) atoms. The Bertz CT molecular complexity index is 1060. The van der Waals surface area contributed by atoms with Gasteiger partial charge in [0.05, 0.1) is 21.4 Å². The number of allylic oxidation sites excluding steroid dienone is 3.